The van der Waals surface area contributed by atoms with E-state index >= 15 is 0 Å². The van der Waals surface area contributed by atoms with Gasteiger partial charge in [-0.05, 0) is 24.7 Å². The highest BCUT2D eigenvalue weighted by molar-refractivity contribution is 5.27. The van der Waals surface area contributed by atoms with Crippen molar-refractivity contribution in [3.63, 3.8) is 0 Å². The monoisotopic (exact) mass is 278 g/mol. The van der Waals surface area contributed by atoms with Crippen LogP contribution < -0.4 is 0 Å². The van der Waals surface area contributed by atoms with Gasteiger partial charge in [-0.2, -0.15) is 5.10 Å². The average molecular weight is 278 g/mol. The zero-order valence-electron chi connectivity index (χ0n) is 13.7. The third-order valence-corrected chi connectivity index (χ3v) is 4.73. The number of hydrogen-bond donors (Lipinski definition) is 1. The van der Waals surface area contributed by atoms with Crippen molar-refractivity contribution in [2.75, 3.05) is 0 Å². The molecule has 20 heavy (non-hydrogen) atoms. The van der Waals surface area contributed by atoms with Gasteiger partial charge in [-0.15, -0.1) is 0 Å². The number of hydrogen-bond acceptors (Lipinski definition) is 2. The van der Waals surface area contributed by atoms with Gasteiger partial charge in [0.25, 0.3) is 0 Å². The number of aliphatic hydroxyl groups excluding tert-OH is 1. The summed E-state index contributed by atoms with van der Waals surface area (Å²) in [5.74, 6) is 1.19. The van der Waals surface area contributed by atoms with Gasteiger partial charge in [0, 0.05) is 24.2 Å². The average Bonchev–Trinajstić information content (AvgIpc) is 2.80. The van der Waals surface area contributed by atoms with Crippen molar-refractivity contribution in [1.29, 1.82) is 0 Å². The number of nitrogens with zero attached hydrogens (tertiary/aromatic N) is 2. The molecule has 3 nitrogen and oxygen atoms in total. The van der Waals surface area contributed by atoms with Crippen molar-refractivity contribution in [1.82, 2.24) is 9.78 Å². The van der Waals surface area contributed by atoms with Gasteiger partial charge < -0.3 is 5.11 Å². The van der Waals surface area contributed by atoms with E-state index in [1.165, 1.54) is 19.3 Å². The molecule has 1 fully saturated rings. The molecule has 1 aromatic rings. The largest absolute Gasteiger partial charge is 0.388 e. The minimum absolute atomic E-state index is 0.0175. The van der Waals surface area contributed by atoms with Crippen LogP contribution in [0, 0.1) is 11.8 Å². The summed E-state index contributed by atoms with van der Waals surface area (Å²) >= 11 is 0. The van der Waals surface area contributed by atoms with Crippen molar-refractivity contribution in [3.8, 4) is 0 Å². The minimum Gasteiger partial charge on any atom is -0.388 e. The van der Waals surface area contributed by atoms with Crippen molar-refractivity contribution in [2.24, 2.45) is 18.9 Å². The third-order valence-electron chi connectivity index (χ3n) is 4.73. The smallest absolute Gasteiger partial charge is 0.0851 e. The van der Waals surface area contributed by atoms with Crippen LogP contribution >= 0.6 is 0 Å². The maximum absolute atomic E-state index is 10.9. The summed E-state index contributed by atoms with van der Waals surface area (Å²) in [6, 6.07) is 0. The highest BCUT2D eigenvalue weighted by Crippen LogP contribution is 2.40. The minimum atomic E-state index is -0.354. The molecule has 3 atom stereocenters. The lowest BCUT2D eigenvalue weighted by Crippen LogP contribution is -2.24. The van der Waals surface area contributed by atoms with Gasteiger partial charge in [-0.1, -0.05) is 47.0 Å². The van der Waals surface area contributed by atoms with E-state index in [2.05, 4.69) is 32.8 Å². The second-order valence-corrected chi connectivity index (χ2v) is 7.50. The Hall–Kier alpha value is -0.830. The molecule has 0 spiro atoms. The van der Waals surface area contributed by atoms with Crippen LogP contribution in [-0.2, 0) is 12.5 Å². The van der Waals surface area contributed by atoms with Crippen LogP contribution in [-0.4, -0.2) is 14.9 Å². The molecule has 1 saturated carbocycles. The topological polar surface area (TPSA) is 38.0 Å². The summed E-state index contributed by atoms with van der Waals surface area (Å²) in [7, 11) is 1.95. The van der Waals surface area contributed by atoms with Crippen molar-refractivity contribution in [2.45, 2.75) is 71.3 Å². The molecular weight excluding hydrogens is 248 g/mol. The van der Waals surface area contributed by atoms with Gasteiger partial charge in [0.05, 0.1) is 11.8 Å². The summed E-state index contributed by atoms with van der Waals surface area (Å²) in [5.41, 5.74) is 2.07. The molecule has 1 N–H and O–H groups in total. The number of aliphatic hydroxyl groups is 1. The lowest BCUT2D eigenvalue weighted by atomic mass is 9.75. The van der Waals surface area contributed by atoms with Crippen LogP contribution in [0.1, 0.15) is 77.2 Å². The molecular formula is C17H30N2O. The van der Waals surface area contributed by atoms with E-state index in [-0.39, 0.29) is 11.5 Å². The van der Waals surface area contributed by atoms with Gasteiger partial charge in [0.15, 0.2) is 0 Å². The molecule has 1 aliphatic carbocycles. The standard InChI is InChI=1S/C17H30N2O/c1-6-12-8-7-9-13(10-12)15(20)14-11-19(5)18-16(14)17(2,3)4/h11-13,15,20H,6-10H2,1-5H3. The van der Waals surface area contributed by atoms with E-state index in [1.807, 2.05) is 17.9 Å². The van der Waals surface area contributed by atoms with Crippen LogP contribution in [0.5, 0.6) is 0 Å². The van der Waals surface area contributed by atoms with Crippen molar-refractivity contribution >= 4 is 0 Å². The number of aryl methyl sites for hydroxylation is 1. The fourth-order valence-electron chi connectivity index (χ4n) is 3.55. The first kappa shape index (κ1) is 15.6. The van der Waals surface area contributed by atoms with Gasteiger partial charge in [-0.25, -0.2) is 0 Å². The predicted molar refractivity (Wildman–Crippen MR) is 82.6 cm³/mol. The molecule has 0 amide bonds. The second-order valence-electron chi connectivity index (χ2n) is 7.50. The zero-order valence-corrected chi connectivity index (χ0v) is 13.7. The van der Waals surface area contributed by atoms with Crippen molar-refractivity contribution < 1.29 is 5.11 Å². The van der Waals surface area contributed by atoms with Gasteiger partial charge >= 0.3 is 0 Å². The Morgan fingerprint density at radius 3 is 2.70 bits per heavy atom. The lowest BCUT2D eigenvalue weighted by molar-refractivity contribution is 0.0664. The van der Waals surface area contributed by atoms with Crippen molar-refractivity contribution in [3.05, 3.63) is 17.5 Å². The van der Waals surface area contributed by atoms with E-state index < -0.39 is 0 Å². The molecule has 3 heteroatoms. The first-order valence-corrected chi connectivity index (χ1v) is 8.05. The fraction of sp³-hybridized carbons (Fsp3) is 0.824. The maximum Gasteiger partial charge on any atom is 0.0851 e. The molecule has 0 radical (unpaired) electrons. The van der Waals surface area contributed by atoms with Crippen LogP contribution in [0.4, 0.5) is 0 Å². The molecule has 0 bridgehead atoms. The van der Waals surface area contributed by atoms with E-state index in [9.17, 15) is 5.11 Å². The molecule has 3 unspecified atom stereocenters. The Morgan fingerprint density at radius 1 is 1.40 bits per heavy atom. The number of rotatable bonds is 3. The Labute approximate surface area is 123 Å². The molecule has 1 aliphatic rings. The fourth-order valence-corrected chi connectivity index (χ4v) is 3.55. The third kappa shape index (κ3) is 3.25. The summed E-state index contributed by atoms with van der Waals surface area (Å²) in [4.78, 5) is 0. The molecule has 0 aliphatic heterocycles. The Morgan fingerprint density at radius 2 is 2.10 bits per heavy atom. The first-order valence-electron chi connectivity index (χ1n) is 8.05. The molecule has 1 aromatic heterocycles. The Balaban J connectivity index is 2.22. The quantitative estimate of drug-likeness (QED) is 0.908. The SMILES string of the molecule is CCC1CCCC(C(O)c2cn(C)nc2C(C)(C)C)C1. The zero-order chi connectivity index (χ0) is 14.9. The summed E-state index contributed by atoms with van der Waals surface area (Å²) in [6.07, 6.45) is 7.80. The van der Waals surface area contributed by atoms with Gasteiger partial charge in [0.1, 0.15) is 0 Å². The van der Waals surface area contributed by atoms with Crippen LogP contribution in [0.3, 0.4) is 0 Å². The lowest BCUT2D eigenvalue weighted by Gasteiger charge is -2.32. The highest BCUT2D eigenvalue weighted by atomic mass is 16.3. The molecule has 2 rings (SSSR count). The van der Waals surface area contributed by atoms with Crippen LogP contribution in [0.25, 0.3) is 0 Å². The Bertz CT molecular complexity index is 444. The normalized spacial score (nSPS) is 25.7. The number of aromatic nitrogens is 2. The van der Waals surface area contributed by atoms with Gasteiger partial charge in [-0.3, -0.25) is 4.68 Å². The van der Waals surface area contributed by atoms with Crippen LogP contribution in [0.2, 0.25) is 0 Å². The summed E-state index contributed by atoms with van der Waals surface area (Å²) < 4.78 is 1.85. The van der Waals surface area contributed by atoms with E-state index in [0.717, 1.165) is 30.0 Å². The van der Waals surface area contributed by atoms with E-state index in [0.29, 0.717) is 5.92 Å². The highest BCUT2D eigenvalue weighted by Gasteiger charge is 2.32. The first-order chi connectivity index (χ1) is 9.32. The molecule has 1 heterocycles. The van der Waals surface area contributed by atoms with Gasteiger partial charge in [0.2, 0.25) is 0 Å². The summed E-state index contributed by atoms with van der Waals surface area (Å²) in [6.45, 7) is 8.77. The maximum atomic E-state index is 10.9. The molecule has 0 saturated heterocycles. The molecule has 0 aromatic carbocycles. The van der Waals surface area contributed by atoms with E-state index in [4.69, 9.17) is 0 Å². The molecule has 114 valence electrons. The van der Waals surface area contributed by atoms with Crippen LogP contribution in [0.15, 0.2) is 6.20 Å². The summed E-state index contributed by atoms with van der Waals surface area (Å²) in [5, 5.41) is 15.5. The predicted octanol–water partition coefficient (Wildman–Crippen LogP) is 3.97. The van der Waals surface area contributed by atoms with E-state index in [1.54, 1.807) is 0 Å². The second kappa shape index (κ2) is 5.88. The Kier molecular flexibility index (Phi) is 4.58.